The van der Waals surface area contributed by atoms with Gasteiger partial charge in [-0.25, -0.2) is 0 Å². The lowest BCUT2D eigenvalue weighted by atomic mass is 10.2. The Morgan fingerprint density at radius 3 is 2.56 bits per heavy atom. The van der Waals surface area contributed by atoms with Crippen molar-refractivity contribution in [3.63, 3.8) is 0 Å². The van der Waals surface area contributed by atoms with Crippen LogP contribution in [0.4, 0.5) is 0 Å². The van der Waals surface area contributed by atoms with Crippen LogP contribution in [-0.2, 0) is 6.42 Å². The lowest BCUT2D eigenvalue weighted by molar-refractivity contribution is 0.104. The molecular formula is C15H16N2O. The molecule has 2 rings (SSSR count). The Morgan fingerprint density at radius 1 is 1.22 bits per heavy atom. The molecule has 2 N–H and O–H groups in total. The second-order valence-electron chi connectivity index (χ2n) is 4.04. The monoisotopic (exact) mass is 240 g/mol. The van der Waals surface area contributed by atoms with Crippen molar-refractivity contribution >= 4 is 11.9 Å². The van der Waals surface area contributed by atoms with Crippen molar-refractivity contribution in [1.29, 1.82) is 0 Å². The third-order valence-corrected chi connectivity index (χ3v) is 2.84. The number of allylic oxidation sites excluding steroid dienone is 1. The summed E-state index contributed by atoms with van der Waals surface area (Å²) in [6, 6.07) is 13.3. The number of rotatable bonds is 4. The Labute approximate surface area is 107 Å². The standard InChI is InChI=1S/C15H16N2O/c1-2-13-9-10-14(17(13)16)15(18)11-8-12-6-4-3-5-7-12/h3-11H,2,16H2,1H3. The molecule has 0 bridgehead atoms. The largest absolute Gasteiger partial charge is 0.339 e. The summed E-state index contributed by atoms with van der Waals surface area (Å²) in [5, 5.41) is 0. The average Bonchev–Trinajstić information content (AvgIpc) is 2.78. The Hall–Kier alpha value is -2.29. The number of aromatic nitrogens is 1. The van der Waals surface area contributed by atoms with Crippen LogP contribution in [0, 0.1) is 0 Å². The van der Waals surface area contributed by atoms with Gasteiger partial charge in [-0.05, 0) is 30.2 Å². The van der Waals surface area contributed by atoms with E-state index in [0.29, 0.717) is 5.69 Å². The molecule has 0 radical (unpaired) electrons. The van der Waals surface area contributed by atoms with Gasteiger partial charge in [-0.2, -0.15) is 0 Å². The predicted octanol–water partition coefficient (Wildman–Crippen LogP) is 2.66. The first-order valence-electron chi connectivity index (χ1n) is 5.95. The topological polar surface area (TPSA) is 48.0 Å². The van der Waals surface area contributed by atoms with Crippen LogP contribution in [-0.4, -0.2) is 10.5 Å². The van der Waals surface area contributed by atoms with E-state index in [1.165, 1.54) is 4.68 Å². The smallest absolute Gasteiger partial charge is 0.204 e. The summed E-state index contributed by atoms with van der Waals surface area (Å²) in [4.78, 5) is 12.0. The first-order valence-corrected chi connectivity index (χ1v) is 5.95. The number of nitrogen functional groups attached to an aromatic ring is 1. The Kier molecular flexibility index (Phi) is 3.63. The molecule has 92 valence electrons. The van der Waals surface area contributed by atoms with Gasteiger partial charge in [0.2, 0.25) is 5.78 Å². The highest BCUT2D eigenvalue weighted by Crippen LogP contribution is 2.09. The third kappa shape index (κ3) is 2.51. The summed E-state index contributed by atoms with van der Waals surface area (Å²) in [5.41, 5.74) is 2.46. The number of carbonyl (C=O) groups excluding carboxylic acids is 1. The number of aryl methyl sites for hydroxylation is 1. The van der Waals surface area contributed by atoms with Gasteiger partial charge in [-0.3, -0.25) is 9.47 Å². The number of hydrogen-bond acceptors (Lipinski definition) is 2. The summed E-state index contributed by atoms with van der Waals surface area (Å²) in [7, 11) is 0. The molecule has 1 aromatic heterocycles. The van der Waals surface area contributed by atoms with E-state index >= 15 is 0 Å². The Balaban J connectivity index is 2.17. The van der Waals surface area contributed by atoms with Crippen molar-refractivity contribution in [2.75, 3.05) is 5.84 Å². The first kappa shape index (κ1) is 12.2. The van der Waals surface area contributed by atoms with Gasteiger partial charge in [0.1, 0.15) is 5.69 Å². The van der Waals surface area contributed by atoms with E-state index in [1.807, 2.05) is 43.3 Å². The Bertz CT molecular complexity index is 567. The van der Waals surface area contributed by atoms with E-state index in [4.69, 9.17) is 5.84 Å². The summed E-state index contributed by atoms with van der Waals surface area (Å²) < 4.78 is 1.46. The van der Waals surface area contributed by atoms with Crippen molar-refractivity contribution in [2.45, 2.75) is 13.3 Å². The fourth-order valence-electron chi connectivity index (χ4n) is 1.80. The first-order chi connectivity index (χ1) is 8.72. The Morgan fingerprint density at radius 2 is 1.94 bits per heavy atom. The zero-order valence-corrected chi connectivity index (χ0v) is 10.3. The van der Waals surface area contributed by atoms with Crippen LogP contribution < -0.4 is 5.84 Å². The molecule has 1 heterocycles. The van der Waals surface area contributed by atoms with Crippen molar-refractivity contribution in [3.8, 4) is 0 Å². The molecule has 0 fully saturated rings. The highest BCUT2D eigenvalue weighted by atomic mass is 16.1. The van der Waals surface area contributed by atoms with Gasteiger partial charge in [0, 0.05) is 5.69 Å². The number of hydrogen-bond donors (Lipinski definition) is 1. The molecule has 3 nitrogen and oxygen atoms in total. The molecule has 0 saturated carbocycles. The maximum absolute atomic E-state index is 12.0. The molecule has 0 aliphatic heterocycles. The molecule has 0 spiro atoms. The average molecular weight is 240 g/mol. The zero-order chi connectivity index (χ0) is 13.0. The van der Waals surface area contributed by atoms with Crippen LogP contribution in [0.5, 0.6) is 0 Å². The SMILES string of the molecule is CCc1ccc(C(=O)C=Cc2ccccc2)n1N. The van der Waals surface area contributed by atoms with Gasteiger partial charge < -0.3 is 5.84 Å². The minimum absolute atomic E-state index is 0.0824. The highest BCUT2D eigenvalue weighted by molar-refractivity contribution is 6.05. The van der Waals surface area contributed by atoms with Gasteiger partial charge in [-0.15, -0.1) is 0 Å². The van der Waals surface area contributed by atoms with E-state index in [9.17, 15) is 4.79 Å². The highest BCUT2D eigenvalue weighted by Gasteiger charge is 2.09. The van der Waals surface area contributed by atoms with Gasteiger partial charge in [0.15, 0.2) is 0 Å². The minimum atomic E-state index is -0.0824. The predicted molar refractivity (Wildman–Crippen MR) is 73.8 cm³/mol. The number of nitrogens with two attached hydrogens (primary N) is 1. The third-order valence-electron chi connectivity index (χ3n) is 2.84. The molecule has 0 saturated heterocycles. The zero-order valence-electron chi connectivity index (χ0n) is 10.3. The van der Waals surface area contributed by atoms with Gasteiger partial charge >= 0.3 is 0 Å². The molecule has 18 heavy (non-hydrogen) atoms. The fourth-order valence-corrected chi connectivity index (χ4v) is 1.80. The van der Waals surface area contributed by atoms with Crippen LogP contribution in [0.3, 0.4) is 0 Å². The van der Waals surface area contributed by atoms with Crippen LogP contribution in [0.15, 0.2) is 48.5 Å². The molecule has 2 aromatic rings. The summed E-state index contributed by atoms with van der Waals surface area (Å²) >= 11 is 0. The molecular weight excluding hydrogens is 224 g/mol. The van der Waals surface area contributed by atoms with Crippen molar-refractivity contribution in [3.05, 3.63) is 65.5 Å². The number of ketones is 1. The summed E-state index contributed by atoms with van der Waals surface area (Å²) in [5.74, 6) is 5.76. The summed E-state index contributed by atoms with van der Waals surface area (Å²) in [6.45, 7) is 2.01. The van der Waals surface area contributed by atoms with Crippen LogP contribution in [0.25, 0.3) is 6.08 Å². The second kappa shape index (κ2) is 5.36. The van der Waals surface area contributed by atoms with Crippen molar-refractivity contribution in [2.24, 2.45) is 0 Å². The van der Waals surface area contributed by atoms with E-state index in [2.05, 4.69) is 0 Å². The maximum Gasteiger partial charge on any atom is 0.204 e. The normalized spacial score (nSPS) is 10.9. The fraction of sp³-hybridized carbons (Fsp3) is 0.133. The van der Waals surface area contributed by atoms with E-state index < -0.39 is 0 Å². The van der Waals surface area contributed by atoms with E-state index in [0.717, 1.165) is 17.7 Å². The lowest BCUT2D eigenvalue weighted by Gasteiger charge is -2.02. The second-order valence-corrected chi connectivity index (χ2v) is 4.04. The van der Waals surface area contributed by atoms with E-state index in [-0.39, 0.29) is 5.78 Å². The minimum Gasteiger partial charge on any atom is -0.339 e. The molecule has 0 aliphatic carbocycles. The molecule has 1 aromatic carbocycles. The van der Waals surface area contributed by atoms with Gasteiger partial charge in [0.05, 0.1) is 0 Å². The number of benzene rings is 1. The molecule has 0 atom stereocenters. The molecule has 3 heteroatoms. The van der Waals surface area contributed by atoms with Crippen molar-refractivity contribution in [1.82, 2.24) is 4.68 Å². The van der Waals surface area contributed by atoms with E-state index in [1.54, 1.807) is 18.2 Å². The van der Waals surface area contributed by atoms with Crippen LogP contribution in [0.1, 0.15) is 28.7 Å². The number of nitrogens with zero attached hydrogens (tertiary/aromatic N) is 1. The molecule has 0 unspecified atom stereocenters. The van der Waals surface area contributed by atoms with Crippen LogP contribution >= 0.6 is 0 Å². The molecule has 0 amide bonds. The quantitative estimate of drug-likeness (QED) is 0.507. The lowest BCUT2D eigenvalue weighted by Crippen LogP contribution is -2.17. The summed E-state index contributed by atoms with van der Waals surface area (Å²) in [6.07, 6.45) is 4.15. The maximum atomic E-state index is 12.0. The molecule has 0 aliphatic rings. The van der Waals surface area contributed by atoms with Crippen LogP contribution in [0.2, 0.25) is 0 Å². The number of carbonyl (C=O) groups is 1. The van der Waals surface area contributed by atoms with Gasteiger partial charge in [-0.1, -0.05) is 43.3 Å². The van der Waals surface area contributed by atoms with Gasteiger partial charge in [0.25, 0.3) is 0 Å². The van der Waals surface area contributed by atoms with Crippen molar-refractivity contribution < 1.29 is 4.79 Å².